The molecule has 3 nitrogen and oxygen atoms in total. The van der Waals surface area contributed by atoms with Gasteiger partial charge in [-0.3, -0.25) is 0 Å². The van der Waals surface area contributed by atoms with Crippen LogP contribution in [0.25, 0.3) is 0 Å². The lowest BCUT2D eigenvalue weighted by atomic mass is 10.1. The zero-order chi connectivity index (χ0) is 13.9. The monoisotopic (exact) mass is 245 g/mol. The quantitative estimate of drug-likeness (QED) is 0.815. The highest BCUT2D eigenvalue weighted by molar-refractivity contribution is 5.58. The predicted molar refractivity (Wildman–Crippen MR) is 75.7 cm³/mol. The van der Waals surface area contributed by atoms with Gasteiger partial charge in [0, 0.05) is 18.3 Å². The van der Waals surface area contributed by atoms with E-state index < -0.39 is 0 Å². The van der Waals surface area contributed by atoms with Crippen molar-refractivity contribution in [3.63, 3.8) is 0 Å². The van der Waals surface area contributed by atoms with Crippen molar-refractivity contribution in [3.8, 4) is 6.07 Å². The normalized spacial score (nSPS) is 10.8. The van der Waals surface area contributed by atoms with Crippen molar-refractivity contribution in [2.75, 3.05) is 11.4 Å². The molecule has 0 aliphatic rings. The van der Waals surface area contributed by atoms with Gasteiger partial charge in [-0.1, -0.05) is 13.8 Å². The third kappa shape index (κ3) is 3.22. The molecular formula is C15H23N3. The Labute approximate surface area is 110 Å². The summed E-state index contributed by atoms with van der Waals surface area (Å²) in [6.07, 6.45) is 0. The van der Waals surface area contributed by atoms with E-state index >= 15 is 0 Å². The van der Waals surface area contributed by atoms with E-state index in [1.807, 2.05) is 19.9 Å². The van der Waals surface area contributed by atoms with Crippen LogP contribution in [-0.4, -0.2) is 17.6 Å². The molecule has 0 unspecified atom stereocenters. The zero-order valence-electron chi connectivity index (χ0n) is 12.3. The number of aromatic nitrogens is 1. The van der Waals surface area contributed by atoms with E-state index in [4.69, 9.17) is 0 Å². The van der Waals surface area contributed by atoms with E-state index in [-0.39, 0.29) is 0 Å². The van der Waals surface area contributed by atoms with Gasteiger partial charge in [-0.15, -0.1) is 0 Å². The van der Waals surface area contributed by atoms with Gasteiger partial charge in [-0.25, -0.2) is 4.98 Å². The van der Waals surface area contributed by atoms with Crippen LogP contribution in [0.5, 0.6) is 0 Å². The Balaban J connectivity index is 3.31. The zero-order valence-corrected chi connectivity index (χ0v) is 12.3. The van der Waals surface area contributed by atoms with Gasteiger partial charge >= 0.3 is 0 Å². The largest absolute Gasteiger partial charge is 0.353 e. The second kappa shape index (κ2) is 5.86. The average Bonchev–Trinajstić information content (AvgIpc) is 2.24. The number of anilines is 1. The Hall–Kier alpha value is -1.56. The highest BCUT2D eigenvalue weighted by atomic mass is 15.2. The first-order valence-electron chi connectivity index (χ1n) is 6.51. The van der Waals surface area contributed by atoms with Crippen LogP contribution >= 0.6 is 0 Å². The Bertz CT molecular complexity index is 456. The molecule has 0 aliphatic carbocycles. The van der Waals surface area contributed by atoms with Crippen LogP contribution in [0.1, 0.15) is 44.5 Å². The standard InChI is InChI=1S/C15H23N3/c1-10(2)9-18(11(3)4)15-14(8-16)12(5)7-13(6)17-15/h7,10-11H,9H2,1-6H3. The number of hydrogen-bond acceptors (Lipinski definition) is 3. The number of hydrogen-bond donors (Lipinski definition) is 0. The molecule has 0 aromatic carbocycles. The number of aryl methyl sites for hydroxylation is 2. The Morgan fingerprint density at radius 1 is 1.28 bits per heavy atom. The molecule has 18 heavy (non-hydrogen) atoms. The van der Waals surface area contributed by atoms with Gasteiger partial charge < -0.3 is 4.90 Å². The van der Waals surface area contributed by atoms with Crippen LogP contribution in [0.4, 0.5) is 5.82 Å². The third-order valence-corrected chi connectivity index (χ3v) is 2.89. The molecule has 0 spiro atoms. The Morgan fingerprint density at radius 3 is 2.33 bits per heavy atom. The summed E-state index contributed by atoms with van der Waals surface area (Å²) in [6.45, 7) is 13.5. The predicted octanol–water partition coefficient (Wildman–Crippen LogP) is 3.44. The second-order valence-electron chi connectivity index (χ2n) is 5.53. The molecule has 0 N–H and O–H groups in total. The second-order valence-corrected chi connectivity index (χ2v) is 5.53. The van der Waals surface area contributed by atoms with Crippen molar-refractivity contribution in [1.82, 2.24) is 4.98 Å². The molecule has 0 saturated heterocycles. The van der Waals surface area contributed by atoms with Crippen LogP contribution in [-0.2, 0) is 0 Å². The fourth-order valence-corrected chi connectivity index (χ4v) is 2.10. The maximum atomic E-state index is 9.34. The van der Waals surface area contributed by atoms with Gasteiger partial charge in [0.1, 0.15) is 11.9 Å². The summed E-state index contributed by atoms with van der Waals surface area (Å²) in [4.78, 5) is 6.81. The molecule has 98 valence electrons. The van der Waals surface area contributed by atoms with Gasteiger partial charge in [0.25, 0.3) is 0 Å². The van der Waals surface area contributed by atoms with Gasteiger partial charge in [0.2, 0.25) is 0 Å². The first-order chi connectivity index (χ1) is 8.36. The van der Waals surface area contributed by atoms with E-state index in [2.05, 4.69) is 43.6 Å². The van der Waals surface area contributed by atoms with Crippen LogP contribution in [0.15, 0.2) is 6.07 Å². The smallest absolute Gasteiger partial charge is 0.147 e. The van der Waals surface area contributed by atoms with E-state index in [0.717, 1.165) is 23.6 Å². The van der Waals surface area contributed by atoms with Crippen LogP contribution in [0.2, 0.25) is 0 Å². The molecule has 1 heterocycles. The number of nitriles is 1. The van der Waals surface area contributed by atoms with Crippen LogP contribution < -0.4 is 4.90 Å². The van der Waals surface area contributed by atoms with Gasteiger partial charge in [0.15, 0.2) is 0 Å². The van der Waals surface area contributed by atoms with Crippen molar-refractivity contribution in [2.45, 2.75) is 47.6 Å². The maximum Gasteiger partial charge on any atom is 0.147 e. The minimum atomic E-state index is 0.341. The van der Waals surface area contributed by atoms with E-state index in [1.54, 1.807) is 0 Å². The molecule has 1 aromatic heterocycles. The first-order valence-corrected chi connectivity index (χ1v) is 6.51. The Morgan fingerprint density at radius 2 is 1.89 bits per heavy atom. The van der Waals surface area contributed by atoms with Crippen molar-refractivity contribution in [1.29, 1.82) is 5.26 Å². The van der Waals surface area contributed by atoms with Crippen LogP contribution in [0.3, 0.4) is 0 Å². The van der Waals surface area contributed by atoms with Gasteiger partial charge in [-0.2, -0.15) is 5.26 Å². The topological polar surface area (TPSA) is 39.9 Å². The third-order valence-electron chi connectivity index (χ3n) is 2.89. The maximum absolute atomic E-state index is 9.34. The molecule has 0 fully saturated rings. The molecular weight excluding hydrogens is 222 g/mol. The average molecular weight is 245 g/mol. The molecule has 1 rings (SSSR count). The fraction of sp³-hybridized carbons (Fsp3) is 0.600. The van der Waals surface area contributed by atoms with Crippen LogP contribution in [0, 0.1) is 31.1 Å². The minimum Gasteiger partial charge on any atom is -0.353 e. The molecule has 0 saturated carbocycles. The summed E-state index contributed by atoms with van der Waals surface area (Å²) in [6, 6.07) is 4.60. The first kappa shape index (κ1) is 14.5. The summed E-state index contributed by atoms with van der Waals surface area (Å²) >= 11 is 0. The molecule has 1 aromatic rings. The summed E-state index contributed by atoms with van der Waals surface area (Å²) in [5.74, 6) is 1.38. The van der Waals surface area contributed by atoms with Crippen molar-refractivity contribution in [2.24, 2.45) is 5.92 Å². The highest BCUT2D eigenvalue weighted by Crippen LogP contribution is 2.24. The highest BCUT2D eigenvalue weighted by Gasteiger charge is 2.19. The SMILES string of the molecule is Cc1cc(C)c(C#N)c(N(CC(C)C)C(C)C)n1. The van der Waals surface area contributed by atoms with Crippen molar-refractivity contribution in [3.05, 3.63) is 22.9 Å². The number of rotatable bonds is 4. The molecule has 3 heteroatoms. The number of pyridine rings is 1. The summed E-state index contributed by atoms with van der Waals surface area (Å²) in [5, 5.41) is 9.34. The molecule has 0 aliphatic heterocycles. The lowest BCUT2D eigenvalue weighted by Gasteiger charge is -2.31. The number of nitrogens with zero attached hydrogens (tertiary/aromatic N) is 3. The summed E-state index contributed by atoms with van der Waals surface area (Å²) in [7, 11) is 0. The van der Waals surface area contributed by atoms with Gasteiger partial charge in [0.05, 0.1) is 5.56 Å². The van der Waals surface area contributed by atoms with Gasteiger partial charge in [-0.05, 0) is 45.2 Å². The molecule has 0 radical (unpaired) electrons. The Kier molecular flexibility index (Phi) is 4.72. The molecule has 0 bridgehead atoms. The molecule has 0 amide bonds. The minimum absolute atomic E-state index is 0.341. The lowest BCUT2D eigenvalue weighted by Crippen LogP contribution is -2.35. The van der Waals surface area contributed by atoms with Crippen molar-refractivity contribution >= 4 is 5.82 Å². The fourth-order valence-electron chi connectivity index (χ4n) is 2.10. The summed E-state index contributed by atoms with van der Waals surface area (Å²) < 4.78 is 0. The van der Waals surface area contributed by atoms with E-state index in [9.17, 15) is 5.26 Å². The van der Waals surface area contributed by atoms with Crippen molar-refractivity contribution < 1.29 is 0 Å². The summed E-state index contributed by atoms with van der Waals surface area (Å²) in [5.41, 5.74) is 2.68. The van der Waals surface area contributed by atoms with E-state index in [0.29, 0.717) is 17.5 Å². The lowest BCUT2D eigenvalue weighted by molar-refractivity contribution is 0.565. The molecule has 0 atom stereocenters. The van der Waals surface area contributed by atoms with E-state index in [1.165, 1.54) is 0 Å².